The van der Waals surface area contributed by atoms with Crippen molar-refractivity contribution in [3.05, 3.63) is 54.1 Å². The topological polar surface area (TPSA) is 216 Å². The number of rotatable bonds is 10. The van der Waals surface area contributed by atoms with Gasteiger partial charge in [0.1, 0.15) is 41.5 Å². The number of carbonyl (C=O) groups excluding carboxylic acids is 3. The molecule has 1 unspecified atom stereocenters. The number of ether oxygens (including phenoxy) is 1. The van der Waals surface area contributed by atoms with E-state index in [1.54, 1.807) is 12.1 Å². The van der Waals surface area contributed by atoms with Gasteiger partial charge in [-0.1, -0.05) is 18.5 Å². The van der Waals surface area contributed by atoms with E-state index in [2.05, 4.69) is 42.5 Å². The molecule has 2 aliphatic carbocycles. The summed E-state index contributed by atoms with van der Waals surface area (Å²) in [6.45, 7) is 12.1. The first kappa shape index (κ1) is 44.9. The highest BCUT2D eigenvalue weighted by Gasteiger charge is 2.37. The van der Waals surface area contributed by atoms with Gasteiger partial charge in [-0.3, -0.25) is 14.9 Å². The van der Waals surface area contributed by atoms with Crippen LogP contribution >= 0.6 is 0 Å². The van der Waals surface area contributed by atoms with Crippen LogP contribution in [0.5, 0.6) is 0 Å². The Morgan fingerprint density at radius 3 is 2.33 bits per heavy atom. The van der Waals surface area contributed by atoms with Gasteiger partial charge >= 0.3 is 6.09 Å². The number of nitrogens with two attached hydrogens (primary N) is 1. The number of hydrogen-bond acceptors (Lipinski definition) is 15. The third-order valence-corrected chi connectivity index (χ3v) is 13.5. The van der Waals surface area contributed by atoms with Crippen molar-refractivity contribution in [2.45, 2.75) is 121 Å². The Balaban J connectivity index is 0.000000194. The van der Waals surface area contributed by atoms with Crippen molar-refractivity contribution in [3.63, 3.8) is 0 Å². The number of imide groups is 1. The SMILES string of the molecule is CC(C)n1nc(-c2noc(C3CC3)c2-c2ncc(C3CCN(C(=O)OC4CCCCC4)CC3)cn2)c2c(N)ncnc21.CCN1CCN(c2ccc(NC3CCC(=O)NC3=O)cc2F)CC1. The first-order valence-corrected chi connectivity index (χ1v) is 23.7. The number of halogens is 1. The molecule has 3 amide bonds. The highest BCUT2D eigenvalue weighted by atomic mass is 19.1. The smallest absolute Gasteiger partial charge is 0.410 e. The van der Waals surface area contributed by atoms with Gasteiger partial charge in [0.05, 0.1) is 16.6 Å². The van der Waals surface area contributed by atoms with Gasteiger partial charge in [0.2, 0.25) is 11.8 Å². The van der Waals surface area contributed by atoms with Crippen molar-refractivity contribution in [2.24, 2.45) is 0 Å². The van der Waals surface area contributed by atoms with Crippen LogP contribution in [0.4, 0.5) is 26.4 Å². The lowest BCUT2D eigenvalue weighted by Gasteiger charge is -2.35. The largest absolute Gasteiger partial charge is 0.446 e. The molecule has 1 aromatic carbocycles. The van der Waals surface area contributed by atoms with Crippen LogP contribution < -0.4 is 21.3 Å². The van der Waals surface area contributed by atoms with Crippen molar-refractivity contribution >= 4 is 46.1 Å². The molecule has 1 atom stereocenters. The minimum absolute atomic E-state index is 0.0601. The molecule has 350 valence electrons. The van der Waals surface area contributed by atoms with Crippen LogP contribution in [0, 0.1) is 5.82 Å². The number of amides is 3. The van der Waals surface area contributed by atoms with Crippen LogP contribution in [0.2, 0.25) is 0 Å². The van der Waals surface area contributed by atoms with E-state index in [4.69, 9.17) is 30.1 Å². The summed E-state index contributed by atoms with van der Waals surface area (Å²) in [6, 6.07) is 4.52. The second-order valence-corrected chi connectivity index (χ2v) is 18.4. The first-order chi connectivity index (χ1) is 32.0. The van der Waals surface area contributed by atoms with Crippen molar-refractivity contribution < 1.29 is 28.0 Å². The molecule has 5 aromatic rings. The fourth-order valence-electron chi connectivity index (χ4n) is 9.49. The quantitative estimate of drug-likeness (QED) is 0.123. The zero-order valence-corrected chi connectivity index (χ0v) is 38.0. The normalized spacial score (nSPS) is 20.0. The second-order valence-electron chi connectivity index (χ2n) is 18.4. The number of nitrogen functional groups attached to an aromatic ring is 1. The lowest BCUT2D eigenvalue weighted by Crippen LogP contribution is -2.47. The fourth-order valence-corrected chi connectivity index (χ4v) is 9.49. The number of piperazine rings is 1. The summed E-state index contributed by atoms with van der Waals surface area (Å²) in [5.74, 6) is 1.33. The molecule has 7 heterocycles. The summed E-state index contributed by atoms with van der Waals surface area (Å²) in [4.78, 5) is 60.2. The summed E-state index contributed by atoms with van der Waals surface area (Å²) in [6.07, 6.45) is 15.2. The van der Waals surface area contributed by atoms with Gasteiger partial charge in [0.25, 0.3) is 0 Å². The van der Waals surface area contributed by atoms with Crippen LogP contribution in [0.3, 0.4) is 0 Å². The number of nitrogens with one attached hydrogen (secondary N) is 2. The predicted octanol–water partition coefficient (Wildman–Crippen LogP) is 6.81. The van der Waals surface area contributed by atoms with E-state index in [1.807, 2.05) is 35.8 Å². The number of benzene rings is 1. The number of fused-ring (bicyclic) bond motifs is 1. The summed E-state index contributed by atoms with van der Waals surface area (Å²) < 4.78 is 28.0. The second kappa shape index (κ2) is 19.7. The van der Waals surface area contributed by atoms with Crippen molar-refractivity contribution in [1.82, 2.24) is 50.0 Å². The van der Waals surface area contributed by atoms with Crippen LogP contribution in [-0.2, 0) is 14.3 Å². The Hall–Kier alpha value is -6.24. The van der Waals surface area contributed by atoms with E-state index in [9.17, 15) is 18.8 Å². The maximum atomic E-state index is 14.5. The molecular weight excluding hydrogens is 846 g/mol. The number of aromatic nitrogens is 7. The van der Waals surface area contributed by atoms with Crippen LogP contribution in [0.1, 0.15) is 121 Å². The molecule has 0 bridgehead atoms. The summed E-state index contributed by atoms with van der Waals surface area (Å²) in [5.41, 5.74) is 11.1. The zero-order valence-electron chi connectivity index (χ0n) is 38.0. The van der Waals surface area contributed by atoms with E-state index < -0.39 is 6.04 Å². The highest BCUT2D eigenvalue weighted by Crippen LogP contribution is 2.48. The molecule has 19 heteroatoms. The third-order valence-electron chi connectivity index (χ3n) is 13.5. The Morgan fingerprint density at radius 1 is 0.924 bits per heavy atom. The molecule has 3 aliphatic heterocycles. The van der Waals surface area contributed by atoms with Gasteiger partial charge in [-0.25, -0.2) is 33.8 Å². The highest BCUT2D eigenvalue weighted by molar-refractivity contribution is 6.02. The van der Waals surface area contributed by atoms with Gasteiger partial charge in [-0.05, 0) is 108 Å². The average molecular weight is 906 g/mol. The Labute approximate surface area is 383 Å². The molecule has 2 saturated carbocycles. The summed E-state index contributed by atoms with van der Waals surface area (Å²) >= 11 is 0. The maximum absolute atomic E-state index is 14.5. The van der Waals surface area contributed by atoms with Gasteiger partial charge in [0.15, 0.2) is 17.2 Å². The molecule has 4 N–H and O–H groups in total. The number of carbonyl (C=O) groups is 3. The monoisotopic (exact) mass is 905 g/mol. The van der Waals surface area contributed by atoms with E-state index in [1.165, 1.54) is 18.8 Å². The summed E-state index contributed by atoms with van der Waals surface area (Å²) in [5, 5.41) is 15.3. The van der Waals surface area contributed by atoms with Crippen LogP contribution in [0.15, 0.2) is 41.4 Å². The van der Waals surface area contributed by atoms with E-state index in [0.29, 0.717) is 71.4 Å². The Bertz CT molecular complexity index is 2520. The number of piperidine rings is 2. The predicted molar refractivity (Wildman–Crippen MR) is 246 cm³/mol. The van der Waals surface area contributed by atoms with Crippen LogP contribution in [0.25, 0.3) is 33.8 Å². The van der Waals surface area contributed by atoms with Gasteiger partial charge in [-0.2, -0.15) is 5.10 Å². The minimum atomic E-state index is -0.499. The van der Waals surface area contributed by atoms with E-state index in [-0.39, 0.29) is 47.7 Å². The third kappa shape index (κ3) is 9.81. The lowest BCUT2D eigenvalue weighted by molar-refractivity contribution is -0.133. The minimum Gasteiger partial charge on any atom is -0.446 e. The molecular formula is C47H60FN13O5. The maximum Gasteiger partial charge on any atom is 0.410 e. The number of nitrogens with zero attached hydrogens (tertiary/aromatic N) is 10. The van der Waals surface area contributed by atoms with Crippen molar-refractivity contribution in [3.8, 4) is 22.8 Å². The number of hydrogen-bond donors (Lipinski definition) is 3. The number of likely N-dealkylation sites (N-methyl/N-ethyl adjacent to an activating group) is 1. The molecule has 4 aromatic heterocycles. The number of anilines is 3. The van der Waals surface area contributed by atoms with Crippen LogP contribution in [-0.4, -0.2) is 121 Å². The van der Waals surface area contributed by atoms with E-state index in [0.717, 1.165) is 101 Å². The zero-order chi connectivity index (χ0) is 45.9. The fraction of sp³-hybridized carbons (Fsp3) is 0.553. The Morgan fingerprint density at radius 2 is 1.67 bits per heavy atom. The molecule has 0 spiro atoms. The standard InChI is InChI=1S/C30H37N9O3.C17H23FN4O2/c1-17(2)39-29-23(27(31)34-16-35-29)24(36-39)25-22(26(42-37-25)19-8-9-19)28-32-14-20(15-33-28)18-10-12-38(13-11-18)30(40)41-21-6-4-3-5-7-21;1-2-21-7-9-22(10-8-21)15-5-3-12(11-13(15)18)19-14-4-6-16(23)20-17(14)24/h14-19,21H,3-13H2,1-2H3,(H2,31,34,35);3,5,11,14,19H,2,4,6-10H2,1H3,(H,20,23,24). The number of likely N-dealkylation sites (tertiary alicyclic amines) is 1. The Kier molecular flexibility index (Phi) is 13.4. The van der Waals surface area contributed by atoms with E-state index >= 15 is 0 Å². The van der Waals surface area contributed by atoms with Gasteiger partial charge < -0.3 is 35.0 Å². The van der Waals surface area contributed by atoms with Gasteiger partial charge in [0, 0.05) is 75.7 Å². The van der Waals surface area contributed by atoms with Crippen molar-refractivity contribution in [2.75, 3.05) is 61.8 Å². The van der Waals surface area contributed by atoms with Crippen molar-refractivity contribution in [1.29, 1.82) is 0 Å². The molecule has 18 nitrogen and oxygen atoms in total. The van der Waals surface area contributed by atoms with Gasteiger partial charge in [-0.15, -0.1) is 0 Å². The average Bonchev–Trinajstić information content (AvgIpc) is 3.96. The molecule has 5 fully saturated rings. The molecule has 10 rings (SSSR count). The lowest BCUT2D eigenvalue weighted by atomic mass is 9.91. The molecule has 0 radical (unpaired) electrons. The molecule has 66 heavy (non-hydrogen) atoms. The summed E-state index contributed by atoms with van der Waals surface area (Å²) in [7, 11) is 0. The molecule has 5 aliphatic rings. The first-order valence-electron chi connectivity index (χ1n) is 23.7. The molecule has 3 saturated heterocycles.